The lowest BCUT2D eigenvalue weighted by molar-refractivity contribution is -0.161. The zero-order valence-corrected chi connectivity index (χ0v) is 37.3. The van der Waals surface area contributed by atoms with Gasteiger partial charge in [0.05, 0.1) is 13.2 Å². The number of hydrogen-bond acceptors (Lipinski definition) is 8. The third-order valence-electron chi connectivity index (χ3n) is 10.1. The first kappa shape index (κ1) is 54.5. The van der Waals surface area contributed by atoms with Gasteiger partial charge in [0.2, 0.25) is 0 Å². The highest BCUT2D eigenvalue weighted by atomic mass is 31.2. The van der Waals surface area contributed by atoms with Gasteiger partial charge in [-0.2, -0.15) is 0 Å². The molecule has 0 aliphatic rings. The van der Waals surface area contributed by atoms with Crippen molar-refractivity contribution in [3.8, 4) is 0 Å². The largest absolute Gasteiger partial charge is 0.472 e. The van der Waals surface area contributed by atoms with E-state index >= 15 is 0 Å². The second-order valence-electron chi connectivity index (χ2n) is 15.6. The molecule has 56 heavy (non-hydrogen) atoms. The smallest absolute Gasteiger partial charge is 0.462 e. The van der Waals surface area contributed by atoms with Crippen molar-refractivity contribution in [3.63, 3.8) is 0 Å². The molecule has 1 unspecified atom stereocenters. The van der Waals surface area contributed by atoms with E-state index in [4.69, 9.17) is 24.3 Å². The lowest BCUT2D eigenvalue weighted by Crippen LogP contribution is -2.29. The number of carbonyl (C=O) groups is 2. The molecule has 9 nitrogen and oxygen atoms in total. The summed E-state index contributed by atoms with van der Waals surface area (Å²) in [5.41, 5.74) is 5.35. The van der Waals surface area contributed by atoms with Crippen molar-refractivity contribution in [2.45, 2.75) is 232 Å². The maximum Gasteiger partial charge on any atom is 0.472 e. The van der Waals surface area contributed by atoms with Crippen LogP contribution in [-0.4, -0.2) is 49.3 Å². The van der Waals surface area contributed by atoms with Crippen molar-refractivity contribution in [1.82, 2.24) is 0 Å². The van der Waals surface area contributed by atoms with Crippen LogP contribution >= 0.6 is 7.82 Å². The lowest BCUT2D eigenvalue weighted by atomic mass is 10.0. The molecule has 0 radical (unpaired) electrons. The van der Waals surface area contributed by atoms with Crippen LogP contribution in [0.5, 0.6) is 0 Å². The standard InChI is InChI=1S/C46H88NO8P/c1-3-5-7-9-11-13-15-17-19-20-21-22-23-25-27-29-31-33-35-37-39-46(49)55-44(43-54-56(50,51)53-41-40-47)42-52-45(48)38-36-34-32-30-28-26-24-18-16-14-12-10-8-6-4-2/h18,24,28,30,44H,3-17,19-23,25-27,29,31-43,47H2,1-2H3,(H,50,51)/b24-18+,30-28+/t44-/m1/s1. The van der Waals surface area contributed by atoms with Gasteiger partial charge in [0, 0.05) is 19.4 Å². The molecule has 0 aromatic heterocycles. The number of hydrogen-bond donors (Lipinski definition) is 2. The molecule has 330 valence electrons. The number of esters is 2. The van der Waals surface area contributed by atoms with Crippen molar-refractivity contribution in [1.29, 1.82) is 0 Å². The van der Waals surface area contributed by atoms with Crippen molar-refractivity contribution in [2.24, 2.45) is 5.73 Å². The van der Waals surface area contributed by atoms with E-state index in [0.29, 0.717) is 12.8 Å². The van der Waals surface area contributed by atoms with Crippen LogP contribution in [0.15, 0.2) is 24.3 Å². The topological polar surface area (TPSA) is 134 Å². The highest BCUT2D eigenvalue weighted by Crippen LogP contribution is 2.43. The molecule has 3 N–H and O–H groups in total. The van der Waals surface area contributed by atoms with E-state index in [2.05, 4.69) is 38.2 Å². The quantitative estimate of drug-likeness (QED) is 0.0267. The Morgan fingerprint density at radius 1 is 0.536 bits per heavy atom. The summed E-state index contributed by atoms with van der Waals surface area (Å²) in [6.07, 6.45) is 46.4. The van der Waals surface area contributed by atoms with Gasteiger partial charge >= 0.3 is 19.8 Å². The Morgan fingerprint density at radius 2 is 0.929 bits per heavy atom. The van der Waals surface area contributed by atoms with Crippen LogP contribution in [0.2, 0.25) is 0 Å². The highest BCUT2D eigenvalue weighted by Gasteiger charge is 2.26. The van der Waals surface area contributed by atoms with Gasteiger partial charge in [0.15, 0.2) is 6.10 Å². The van der Waals surface area contributed by atoms with E-state index in [-0.39, 0.29) is 32.6 Å². The number of allylic oxidation sites excluding steroid dienone is 4. The minimum atomic E-state index is -4.38. The first-order valence-corrected chi connectivity index (χ1v) is 24.8. The maximum absolute atomic E-state index is 12.6. The zero-order valence-electron chi connectivity index (χ0n) is 36.4. The highest BCUT2D eigenvalue weighted by molar-refractivity contribution is 7.47. The molecule has 0 rings (SSSR count). The van der Waals surface area contributed by atoms with Crippen molar-refractivity contribution in [3.05, 3.63) is 24.3 Å². The van der Waals surface area contributed by atoms with Crippen molar-refractivity contribution < 1.29 is 37.6 Å². The fourth-order valence-corrected chi connectivity index (χ4v) is 7.37. The molecule has 0 aromatic rings. The third-order valence-corrected chi connectivity index (χ3v) is 11.1. The minimum absolute atomic E-state index is 0.0512. The second-order valence-corrected chi connectivity index (χ2v) is 17.1. The molecule has 0 spiro atoms. The molecule has 10 heteroatoms. The Hall–Kier alpha value is -1.51. The summed E-state index contributed by atoms with van der Waals surface area (Å²) in [5, 5.41) is 0. The first-order valence-electron chi connectivity index (χ1n) is 23.3. The number of nitrogens with two attached hydrogens (primary N) is 1. The Labute approximate surface area is 344 Å². The van der Waals surface area contributed by atoms with Gasteiger partial charge in [-0.1, -0.05) is 192 Å². The summed E-state index contributed by atoms with van der Waals surface area (Å²) in [4.78, 5) is 34.9. The summed E-state index contributed by atoms with van der Waals surface area (Å²) < 4.78 is 32.8. The summed E-state index contributed by atoms with van der Waals surface area (Å²) in [6, 6.07) is 0. The van der Waals surface area contributed by atoms with Crippen LogP contribution in [0.1, 0.15) is 226 Å². The predicted molar refractivity (Wildman–Crippen MR) is 234 cm³/mol. The number of phosphoric ester groups is 1. The fraction of sp³-hybridized carbons (Fsp3) is 0.870. The molecule has 0 aliphatic heterocycles. The van der Waals surface area contributed by atoms with Crippen LogP contribution in [0.3, 0.4) is 0 Å². The average molecular weight is 814 g/mol. The summed E-state index contributed by atoms with van der Waals surface area (Å²) >= 11 is 0. The van der Waals surface area contributed by atoms with Crippen LogP contribution in [-0.2, 0) is 32.7 Å². The molecule has 0 heterocycles. The number of ether oxygens (including phenoxy) is 2. The molecule has 0 aromatic carbocycles. The number of rotatable bonds is 44. The number of unbranched alkanes of at least 4 members (excludes halogenated alkanes) is 27. The van der Waals surface area contributed by atoms with Crippen LogP contribution in [0, 0.1) is 0 Å². The third kappa shape index (κ3) is 42.1. The van der Waals surface area contributed by atoms with Gasteiger partial charge in [0.1, 0.15) is 6.61 Å². The predicted octanol–water partition coefficient (Wildman–Crippen LogP) is 13.6. The van der Waals surface area contributed by atoms with Crippen molar-refractivity contribution >= 4 is 19.8 Å². The normalized spacial score (nSPS) is 13.4. The molecule has 0 saturated heterocycles. The summed E-state index contributed by atoms with van der Waals surface area (Å²) in [6.45, 7) is 3.72. The van der Waals surface area contributed by atoms with Gasteiger partial charge in [-0.05, 0) is 44.9 Å². The molecule has 0 amide bonds. The lowest BCUT2D eigenvalue weighted by Gasteiger charge is -2.19. The average Bonchev–Trinajstić information content (AvgIpc) is 3.18. The van der Waals surface area contributed by atoms with Gasteiger partial charge in [-0.25, -0.2) is 4.57 Å². The van der Waals surface area contributed by atoms with Crippen molar-refractivity contribution in [2.75, 3.05) is 26.4 Å². The van der Waals surface area contributed by atoms with E-state index in [1.807, 2.05) is 0 Å². The number of carbonyl (C=O) groups excluding carboxylic acids is 2. The SMILES string of the molecule is CCCCCCCC/C=C/C/C=C/CCCCC(=O)OC[C@H](COP(=O)(O)OCCN)OC(=O)CCCCCCCCCCCCCCCCCCCCCC. The maximum atomic E-state index is 12.6. The van der Waals surface area contributed by atoms with E-state index in [9.17, 15) is 19.0 Å². The minimum Gasteiger partial charge on any atom is -0.462 e. The molecular formula is C46H88NO8P. The van der Waals surface area contributed by atoms with E-state index in [1.165, 1.54) is 148 Å². The van der Waals surface area contributed by atoms with E-state index in [1.54, 1.807) is 0 Å². The van der Waals surface area contributed by atoms with Crippen LogP contribution < -0.4 is 5.73 Å². The number of phosphoric acid groups is 1. The van der Waals surface area contributed by atoms with Gasteiger partial charge in [-0.3, -0.25) is 18.6 Å². The second kappa shape index (κ2) is 43.1. The Bertz CT molecular complexity index is 975. The summed E-state index contributed by atoms with van der Waals surface area (Å²) in [7, 11) is -4.38. The molecular weight excluding hydrogens is 725 g/mol. The molecule has 0 bridgehead atoms. The Balaban J connectivity index is 4.10. The molecule has 2 atom stereocenters. The molecule has 0 saturated carbocycles. The van der Waals surface area contributed by atoms with Crippen LogP contribution in [0.4, 0.5) is 0 Å². The van der Waals surface area contributed by atoms with Gasteiger partial charge in [0.25, 0.3) is 0 Å². The van der Waals surface area contributed by atoms with Crippen LogP contribution in [0.25, 0.3) is 0 Å². The summed E-state index contributed by atoms with van der Waals surface area (Å²) in [5.74, 6) is -0.856. The van der Waals surface area contributed by atoms with Gasteiger partial charge in [-0.15, -0.1) is 0 Å². The van der Waals surface area contributed by atoms with E-state index in [0.717, 1.165) is 38.5 Å². The molecule has 0 fully saturated rings. The Morgan fingerprint density at radius 3 is 1.39 bits per heavy atom. The Kier molecular flexibility index (Phi) is 41.9. The van der Waals surface area contributed by atoms with Gasteiger partial charge < -0.3 is 20.1 Å². The monoisotopic (exact) mass is 814 g/mol. The zero-order chi connectivity index (χ0) is 41.1. The first-order chi connectivity index (χ1) is 27.3. The molecule has 0 aliphatic carbocycles. The van der Waals surface area contributed by atoms with E-state index < -0.39 is 32.5 Å². The fourth-order valence-electron chi connectivity index (χ4n) is 6.61.